The molecule has 0 atom stereocenters. The highest BCUT2D eigenvalue weighted by Gasteiger charge is 2.34. The summed E-state index contributed by atoms with van der Waals surface area (Å²) in [5.74, 6) is 0. The van der Waals surface area contributed by atoms with E-state index in [0.717, 1.165) is 22.0 Å². The molecule has 0 saturated carbocycles. The van der Waals surface area contributed by atoms with Gasteiger partial charge in [0.25, 0.3) is 0 Å². The first-order valence-corrected chi connectivity index (χ1v) is 4.43. The summed E-state index contributed by atoms with van der Waals surface area (Å²) in [7, 11) is 0. The lowest BCUT2D eigenvalue weighted by molar-refractivity contribution is -0.140. The van der Waals surface area contributed by atoms with E-state index in [4.69, 9.17) is 2.74 Å². The number of aryl methyl sites for hydroxylation is 1. The first-order valence-electron chi connectivity index (χ1n) is 4.62. The standard InChI is InChI=1S/C7H6F3N3S/c1-2-5-12-13-3-4(7(8,9)10)11-6(13)14-5/h3H,2H2,1H3/i2D2. The monoisotopic (exact) mass is 223 g/mol. The Kier molecular flexibility index (Phi) is 1.52. The minimum atomic E-state index is -4.50. The predicted molar refractivity (Wildman–Crippen MR) is 45.2 cm³/mol. The first kappa shape index (κ1) is 7.22. The smallest absolute Gasteiger partial charge is 0.213 e. The summed E-state index contributed by atoms with van der Waals surface area (Å²) in [6.45, 7) is 1.29. The zero-order chi connectivity index (χ0) is 12.1. The van der Waals surface area contributed by atoms with Gasteiger partial charge in [-0.3, -0.25) is 0 Å². The molecule has 2 aromatic heterocycles. The summed E-state index contributed by atoms with van der Waals surface area (Å²) in [6.07, 6.45) is -5.43. The molecule has 0 aliphatic carbocycles. The van der Waals surface area contributed by atoms with E-state index in [9.17, 15) is 13.2 Å². The zero-order valence-electron chi connectivity index (χ0n) is 8.96. The van der Waals surface area contributed by atoms with Gasteiger partial charge in [0.2, 0.25) is 4.96 Å². The van der Waals surface area contributed by atoms with Crippen molar-refractivity contribution in [1.82, 2.24) is 14.6 Å². The maximum atomic E-state index is 12.3. The van der Waals surface area contributed by atoms with Crippen LogP contribution in [0.15, 0.2) is 6.20 Å². The lowest BCUT2D eigenvalue weighted by Crippen LogP contribution is -2.04. The van der Waals surface area contributed by atoms with Crippen molar-refractivity contribution in [2.75, 3.05) is 0 Å². The molecule has 76 valence electrons. The number of nitrogens with zero attached hydrogens (tertiary/aromatic N) is 3. The fourth-order valence-electron chi connectivity index (χ4n) is 0.938. The number of fused-ring (bicyclic) bond motifs is 1. The molecule has 0 radical (unpaired) electrons. The second kappa shape index (κ2) is 2.94. The van der Waals surface area contributed by atoms with E-state index in [1.807, 2.05) is 0 Å². The number of hydrogen-bond acceptors (Lipinski definition) is 3. The van der Waals surface area contributed by atoms with Crippen molar-refractivity contribution in [3.8, 4) is 0 Å². The van der Waals surface area contributed by atoms with Crippen molar-refractivity contribution >= 4 is 16.3 Å². The predicted octanol–water partition coefficient (Wildman–Crippen LogP) is 2.37. The van der Waals surface area contributed by atoms with E-state index in [-0.39, 0.29) is 9.97 Å². The van der Waals surface area contributed by atoms with Crippen molar-refractivity contribution in [2.45, 2.75) is 19.5 Å². The minimum Gasteiger partial charge on any atom is -0.213 e. The molecular weight excluding hydrogens is 215 g/mol. The molecule has 0 amide bonds. The average molecular weight is 223 g/mol. The van der Waals surface area contributed by atoms with Crippen LogP contribution in [0.3, 0.4) is 0 Å². The number of halogens is 3. The maximum absolute atomic E-state index is 12.3. The van der Waals surface area contributed by atoms with Gasteiger partial charge in [-0.25, -0.2) is 9.50 Å². The van der Waals surface area contributed by atoms with Crippen LogP contribution >= 0.6 is 11.3 Å². The first-order chi connectivity index (χ1) is 7.18. The lowest BCUT2D eigenvalue weighted by Gasteiger charge is -1.98. The van der Waals surface area contributed by atoms with Gasteiger partial charge in [-0.2, -0.15) is 18.3 Å². The summed E-state index contributed by atoms with van der Waals surface area (Å²) in [5.41, 5.74) is -1.02. The quantitative estimate of drug-likeness (QED) is 0.743. The third kappa shape index (κ3) is 1.47. The molecule has 0 saturated heterocycles. The minimum absolute atomic E-state index is 0.0352. The third-order valence-electron chi connectivity index (χ3n) is 1.55. The van der Waals surface area contributed by atoms with E-state index in [0.29, 0.717) is 0 Å². The second-order valence-electron chi connectivity index (χ2n) is 2.51. The van der Waals surface area contributed by atoms with Crippen LogP contribution in [0.4, 0.5) is 13.2 Å². The molecule has 0 fully saturated rings. The Labute approximate surface area is 84.0 Å². The van der Waals surface area contributed by atoms with Crippen LogP contribution in [-0.2, 0) is 12.5 Å². The molecule has 7 heteroatoms. The lowest BCUT2D eigenvalue weighted by atomic mass is 10.5. The largest absolute Gasteiger partial charge is 0.435 e. The molecular formula is C7H6F3N3S. The van der Waals surface area contributed by atoms with Crippen molar-refractivity contribution in [1.29, 1.82) is 0 Å². The Morgan fingerprint density at radius 3 is 2.86 bits per heavy atom. The van der Waals surface area contributed by atoms with Crippen molar-refractivity contribution in [3.63, 3.8) is 0 Å². The van der Waals surface area contributed by atoms with Gasteiger partial charge < -0.3 is 0 Å². The summed E-state index contributed by atoms with van der Waals surface area (Å²) in [5, 5.41) is 3.82. The van der Waals surface area contributed by atoms with Gasteiger partial charge in [0.1, 0.15) is 5.01 Å². The number of rotatable bonds is 1. The molecule has 0 bridgehead atoms. The molecule has 0 spiro atoms. The Balaban J connectivity index is 2.49. The van der Waals surface area contributed by atoms with Crippen LogP contribution in [0.25, 0.3) is 4.96 Å². The summed E-state index contributed by atoms with van der Waals surface area (Å²) >= 11 is 0.807. The molecule has 0 aliphatic heterocycles. The summed E-state index contributed by atoms with van der Waals surface area (Å²) < 4.78 is 52.5. The van der Waals surface area contributed by atoms with Crippen molar-refractivity contribution in [3.05, 3.63) is 16.9 Å². The second-order valence-corrected chi connectivity index (χ2v) is 3.46. The number of aromatic nitrogens is 3. The van der Waals surface area contributed by atoms with E-state index < -0.39 is 18.2 Å². The van der Waals surface area contributed by atoms with Gasteiger partial charge in [-0.05, 0) is 6.37 Å². The van der Waals surface area contributed by atoms with Crippen LogP contribution < -0.4 is 0 Å². The highest BCUT2D eigenvalue weighted by Crippen LogP contribution is 2.29. The molecule has 0 aromatic carbocycles. The molecule has 14 heavy (non-hydrogen) atoms. The van der Waals surface area contributed by atoms with Gasteiger partial charge in [-0.1, -0.05) is 18.3 Å². The van der Waals surface area contributed by atoms with Crippen LogP contribution in [0.5, 0.6) is 0 Å². The molecule has 2 rings (SSSR count). The fourth-order valence-corrected chi connectivity index (χ4v) is 1.67. The van der Waals surface area contributed by atoms with Crippen molar-refractivity contribution in [2.24, 2.45) is 0 Å². The van der Waals surface area contributed by atoms with Gasteiger partial charge in [0.15, 0.2) is 5.69 Å². The van der Waals surface area contributed by atoms with Crippen molar-refractivity contribution < 1.29 is 15.9 Å². The van der Waals surface area contributed by atoms with Crippen LogP contribution in [0.2, 0.25) is 0 Å². The van der Waals surface area contributed by atoms with E-state index in [2.05, 4.69) is 10.1 Å². The molecule has 2 heterocycles. The van der Waals surface area contributed by atoms with Crippen LogP contribution in [0, 0.1) is 0 Å². The molecule has 3 nitrogen and oxygen atoms in total. The molecule has 0 unspecified atom stereocenters. The molecule has 2 aromatic rings. The Bertz CT molecular complexity index is 450. The number of hydrogen-bond donors (Lipinski definition) is 0. The zero-order valence-corrected chi connectivity index (χ0v) is 7.78. The Morgan fingerprint density at radius 1 is 1.64 bits per heavy atom. The van der Waals surface area contributed by atoms with Gasteiger partial charge in [-0.15, -0.1) is 0 Å². The van der Waals surface area contributed by atoms with Gasteiger partial charge >= 0.3 is 6.18 Å². The highest BCUT2D eigenvalue weighted by molar-refractivity contribution is 7.16. The molecule has 0 N–H and O–H groups in total. The third-order valence-corrected chi connectivity index (χ3v) is 2.49. The van der Waals surface area contributed by atoms with E-state index >= 15 is 0 Å². The average Bonchev–Trinajstić information content (AvgIpc) is 2.53. The van der Waals surface area contributed by atoms with Crippen LogP contribution in [-0.4, -0.2) is 14.6 Å². The Morgan fingerprint density at radius 2 is 2.36 bits per heavy atom. The van der Waals surface area contributed by atoms with E-state index in [1.165, 1.54) is 6.92 Å². The molecule has 0 aliphatic rings. The van der Waals surface area contributed by atoms with Crippen LogP contribution in [0.1, 0.15) is 20.4 Å². The maximum Gasteiger partial charge on any atom is 0.435 e. The number of imidazole rings is 1. The Hall–Kier alpha value is -1.11. The SMILES string of the molecule is [2H]C([2H])(C)c1nn2cc(C(F)(F)F)nc2s1. The summed E-state index contributed by atoms with van der Waals surface area (Å²) in [6, 6.07) is 0. The van der Waals surface area contributed by atoms with E-state index in [1.54, 1.807) is 0 Å². The highest BCUT2D eigenvalue weighted by atomic mass is 32.1. The normalized spacial score (nSPS) is 15.7. The number of alkyl halides is 3. The summed E-state index contributed by atoms with van der Waals surface area (Å²) in [4.78, 5) is 3.38. The fraction of sp³-hybridized carbons (Fsp3) is 0.429. The van der Waals surface area contributed by atoms with Gasteiger partial charge in [0, 0.05) is 2.74 Å². The van der Waals surface area contributed by atoms with Gasteiger partial charge in [0.05, 0.1) is 6.20 Å². The topological polar surface area (TPSA) is 30.2 Å².